The third kappa shape index (κ3) is 2.70. The van der Waals surface area contributed by atoms with Gasteiger partial charge in [0.1, 0.15) is 11.6 Å². The van der Waals surface area contributed by atoms with Crippen LogP contribution in [0.3, 0.4) is 0 Å². The van der Waals surface area contributed by atoms with Crippen LogP contribution in [0.2, 0.25) is 0 Å². The lowest BCUT2D eigenvalue weighted by Gasteiger charge is -2.15. The fraction of sp³-hybridized carbons (Fsp3) is 0.273. The fourth-order valence-corrected chi connectivity index (χ4v) is 1.20. The number of amides is 1. The van der Waals surface area contributed by atoms with Gasteiger partial charge in [0.05, 0.1) is 18.1 Å². The van der Waals surface area contributed by atoms with Crippen LogP contribution in [-0.2, 0) is 0 Å². The number of aromatic hydroxyl groups is 1. The van der Waals surface area contributed by atoms with Crippen LogP contribution in [0.4, 0.5) is 4.39 Å². The summed E-state index contributed by atoms with van der Waals surface area (Å²) in [5, 5.41) is 17.4. The highest BCUT2D eigenvalue weighted by Gasteiger charge is 2.15. The van der Waals surface area contributed by atoms with Crippen molar-refractivity contribution >= 4 is 5.91 Å². The first kappa shape index (κ1) is 12.0. The largest absolute Gasteiger partial charge is 0.508 e. The van der Waals surface area contributed by atoms with Crippen LogP contribution in [0.25, 0.3) is 0 Å². The number of carbonyl (C=O) groups is 1. The number of nitriles is 1. The third-order valence-electron chi connectivity index (χ3n) is 2.09. The zero-order chi connectivity index (χ0) is 12.1. The number of phenols is 1. The number of hydrogen-bond donors (Lipinski definition) is 1. The minimum absolute atomic E-state index is 0.113. The smallest absolute Gasteiger partial charge is 0.256 e. The van der Waals surface area contributed by atoms with E-state index in [1.54, 1.807) is 0 Å². The summed E-state index contributed by atoms with van der Waals surface area (Å²) >= 11 is 0. The first-order valence-electron chi connectivity index (χ1n) is 4.67. The van der Waals surface area contributed by atoms with Gasteiger partial charge in [-0.25, -0.2) is 4.39 Å². The Balaban J connectivity index is 2.84. The normalized spacial score (nSPS) is 9.56. The van der Waals surface area contributed by atoms with Crippen molar-refractivity contribution in [2.75, 3.05) is 13.6 Å². The van der Waals surface area contributed by atoms with Gasteiger partial charge in [0, 0.05) is 19.7 Å². The molecule has 0 radical (unpaired) electrons. The highest BCUT2D eigenvalue weighted by atomic mass is 19.1. The molecular weight excluding hydrogens is 211 g/mol. The maximum atomic E-state index is 13.3. The molecule has 0 aliphatic carbocycles. The van der Waals surface area contributed by atoms with Gasteiger partial charge in [0.15, 0.2) is 0 Å². The monoisotopic (exact) mass is 222 g/mol. The molecule has 84 valence electrons. The van der Waals surface area contributed by atoms with Gasteiger partial charge in [-0.1, -0.05) is 0 Å². The quantitative estimate of drug-likeness (QED) is 0.843. The zero-order valence-electron chi connectivity index (χ0n) is 8.77. The molecule has 1 aromatic carbocycles. The van der Waals surface area contributed by atoms with Gasteiger partial charge >= 0.3 is 0 Å². The molecule has 1 N–H and O–H groups in total. The maximum Gasteiger partial charge on any atom is 0.256 e. The molecule has 4 nitrogen and oxygen atoms in total. The molecule has 5 heteroatoms. The van der Waals surface area contributed by atoms with Gasteiger partial charge in [0.2, 0.25) is 0 Å². The third-order valence-corrected chi connectivity index (χ3v) is 2.09. The van der Waals surface area contributed by atoms with Crippen molar-refractivity contribution in [3.05, 3.63) is 29.6 Å². The van der Waals surface area contributed by atoms with Crippen LogP contribution in [0.15, 0.2) is 18.2 Å². The first-order valence-corrected chi connectivity index (χ1v) is 4.67. The predicted molar refractivity (Wildman–Crippen MR) is 55.3 cm³/mol. The van der Waals surface area contributed by atoms with E-state index in [4.69, 9.17) is 10.4 Å². The van der Waals surface area contributed by atoms with E-state index in [1.807, 2.05) is 6.07 Å². The molecule has 0 unspecified atom stereocenters. The van der Waals surface area contributed by atoms with Crippen molar-refractivity contribution in [3.8, 4) is 11.8 Å². The molecule has 1 rings (SSSR count). The van der Waals surface area contributed by atoms with E-state index in [2.05, 4.69) is 0 Å². The van der Waals surface area contributed by atoms with E-state index >= 15 is 0 Å². The van der Waals surface area contributed by atoms with Crippen LogP contribution < -0.4 is 0 Å². The summed E-state index contributed by atoms with van der Waals surface area (Å²) in [4.78, 5) is 12.9. The average molecular weight is 222 g/mol. The molecule has 1 amide bonds. The number of hydrogen-bond acceptors (Lipinski definition) is 3. The Morgan fingerprint density at radius 1 is 1.62 bits per heavy atom. The molecule has 0 bridgehead atoms. The van der Waals surface area contributed by atoms with Gasteiger partial charge in [-0.3, -0.25) is 4.79 Å². The summed E-state index contributed by atoms with van der Waals surface area (Å²) in [7, 11) is 1.49. The number of carbonyl (C=O) groups excluding carboxylic acids is 1. The number of phenolic OH excluding ortho intramolecular Hbond substituents is 1. The summed E-state index contributed by atoms with van der Waals surface area (Å²) < 4.78 is 13.3. The lowest BCUT2D eigenvalue weighted by atomic mass is 10.2. The highest BCUT2D eigenvalue weighted by Crippen LogP contribution is 2.16. The van der Waals surface area contributed by atoms with Crippen molar-refractivity contribution in [2.45, 2.75) is 6.42 Å². The van der Waals surface area contributed by atoms with E-state index in [0.29, 0.717) is 0 Å². The Morgan fingerprint density at radius 2 is 2.31 bits per heavy atom. The van der Waals surface area contributed by atoms with E-state index < -0.39 is 11.7 Å². The Hall–Kier alpha value is -2.09. The predicted octanol–water partition coefficient (Wildman–Crippen LogP) is 1.52. The van der Waals surface area contributed by atoms with Crippen LogP contribution in [0.5, 0.6) is 5.75 Å². The molecular formula is C11H11FN2O2. The molecule has 0 fully saturated rings. The lowest BCUT2D eigenvalue weighted by Crippen LogP contribution is -2.28. The summed E-state index contributed by atoms with van der Waals surface area (Å²) in [6.07, 6.45) is 0.196. The molecule has 16 heavy (non-hydrogen) atoms. The second kappa shape index (κ2) is 5.12. The molecule has 0 spiro atoms. The first-order chi connectivity index (χ1) is 7.56. The van der Waals surface area contributed by atoms with Gasteiger partial charge in [-0.05, 0) is 12.1 Å². The van der Waals surface area contributed by atoms with Crippen molar-refractivity contribution in [2.24, 2.45) is 0 Å². The van der Waals surface area contributed by atoms with Crippen LogP contribution in [0, 0.1) is 17.1 Å². The Labute approximate surface area is 92.5 Å². The van der Waals surface area contributed by atoms with E-state index in [1.165, 1.54) is 24.1 Å². The van der Waals surface area contributed by atoms with Crippen LogP contribution in [-0.4, -0.2) is 29.5 Å². The molecule has 0 aromatic heterocycles. The number of halogens is 1. The summed E-state index contributed by atoms with van der Waals surface area (Å²) in [5.41, 5.74) is -0.113. The second-order valence-electron chi connectivity index (χ2n) is 3.30. The Morgan fingerprint density at radius 3 is 2.88 bits per heavy atom. The average Bonchev–Trinajstić information content (AvgIpc) is 2.25. The Bertz CT molecular complexity index is 440. The maximum absolute atomic E-state index is 13.3. The van der Waals surface area contributed by atoms with Crippen molar-refractivity contribution < 1.29 is 14.3 Å². The topological polar surface area (TPSA) is 64.3 Å². The van der Waals surface area contributed by atoms with Gasteiger partial charge in [0.25, 0.3) is 5.91 Å². The fourth-order valence-electron chi connectivity index (χ4n) is 1.20. The molecule has 0 saturated heterocycles. The minimum Gasteiger partial charge on any atom is -0.508 e. The van der Waals surface area contributed by atoms with Gasteiger partial charge in [-0.15, -0.1) is 0 Å². The zero-order valence-corrected chi connectivity index (χ0v) is 8.77. The van der Waals surface area contributed by atoms with E-state index in [0.717, 1.165) is 6.07 Å². The molecule has 0 aliphatic rings. The van der Waals surface area contributed by atoms with Crippen molar-refractivity contribution in [1.29, 1.82) is 5.26 Å². The SMILES string of the molecule is CN(CCC#N)C(=O)c1ccc(O)cc1F. The van der Waals surface area contributed by atoms with Crippen molar-refractivity contribution in [1.82, 2.24) is 4.90 Å². The summed E-state index contributed by atoms with van der Waals surface area (Å²) in [6.45, 7) is 0.246. The second-order valence-corrected chi connectivity index (χ2v) is 3.30. The number of rotatable bonds is 3. The molecule has 0 atom stereocenters. The summed E-state index contributed by atoms with van der Waals surface area (Å²) in [5.74, 6) is -1.50. The number of benzene rings is 1. The van der Waals surface area contributed by atoms with E-state index in [-0.39, 0.29) is 24.3 Å². The van der Waals surface area contributed by atoms with Crippen LogP contribution >= 0.6 is 0 Å². The lowest BCUT2D eigenvalue weighted by molar-refractivity contribution is 0.0793. The number of nitrogens with zero attached hydrogens (tertiary/aromatic N) is 2. The highest BCUT2D eigenvalue weighted by molar-refractivity contribution is 5.94. The standard InChI is InChI=1S/C11H11FN2O2/c1-14(6-2-5-13)11(16)9-4-3-8(15)7-10(9)12/h3-4,7,15H,2,6H2,1H3. The molecule has 0 aliphatic heterocycles. The van der Waals surface area contributed by atoms with Gasteiger partial charge in [-0.2, -0.15) is 5.26 Å². The van der Waals surface area contributed by atoms with Crippen LogP contribution in [0.1, 0.15) is 16.8 Å². The van der Waals surface area contributed by atoms with Gasteiger partial charge < -0.3 is 10.0 Å². The summed E-state index contributed by atoms with van der Waals surface area (Å²) in [6, 6.07) is 5.24. The molecule has 0 saturated carbocycles. The minimum atomic E-state index is -0.770. The molecule has 0 heterocycles. The molecule has 1 aromatic rings. The van der Waals surface area contributed by atoms with E-state index in [9.17, 15) is 9.18 Å². The van der Waals surface area contributed by atoms with Crippen molar-refractivity contribution in [3.63, 3.8) is 0 Å². The Kier molecular flexibility index (Phi) is 3.84.